The van der Waals surface area contributed by atoms with Crippen LogP contribution in [0.3, 0.4) is 0 Å². The van der Waals surface area contributed by atoms with Crippen molar-refractivity contribution in [2.45, 2.75) is 45.7 Å². The summed E-state index contributed by atoms with van der Waals surface area (Å²) in [4.78, 5) is 28.5. The smallest absolute Gasteiger partial charge is 0.251 e. The fourth-order valence-electron chi connectivity index (χ4n) is 4.81. The number of nitrogens with zero attached hydrogens (tertiary/aromatic N) is 1. The molecule has 0 bridgehead atoms. The highest BCUT2D eigenvalue weighted by atomic mass is 16.2. The lowest BCUT2D eigenvalue weighted by atomic mass is 9.98. The van der Waals surface area contributed by atoms with E-state index in [9.17, 15) is 9.59 Å². The Morgan fingerprint density at radius 1 is 0.853 bits per heavy atom. The fourth-order valence-corrected chi connectivity index (χ4v) is 4.81. The summed E-state index contributed by atoms with van der Waals surface area (Å²) in [5, 5.41) is 6.33. The normalized spacial score (nSPS) is 15.5. The second kappa shape index (κ2) is 10.7. The Kier molecular flexibility index (Phi) is 7.43. The molecule has 4 rings (SSSR count). The molecule has 2 amide bonds. The number of hydrogen-bond donors (Lipinski definition) is 2. The third-order valence-electron chi connectivity index (χ3n) is 6.47. The predicted molar refractivity (Wildman–Crippen MR) is 137 cm³/mol. The molecule has 0 aliphatic carbocycles. The number of aryl methyl sites for hydroxylation is 3. The van der Waals surface area contributed by atoms with Gasteiger partial charge in [-0.05, 0) is 74.1 Å². The van der Waals surface area contributed by atoms with E-state index in [1.807, 2.05) is 87.5 Å². The van der Waals surface area contributed by atoms with Crippen molar-refractivity contribution >= 4 is 17.5 Å². The van der Waals surface area contributed by atoms with Crippen LogP contribution in [0.4, 0.5) is 5.69 Å². The van der Waals surface area contributed by atoms with E-state index < -0.39 is 0 Å². The Balaban J connectivity index is 1.45. The van der Waals surface area contributed by atoms with E-state index in [-0.39, 0.29) is 23.9 Å². The van der Waals surface area contributed by atoms with Crippen LogP contribution in [0, 0.1) is 20.8 Å². The monoisotopic (exact) mass is 455 g/mol. The minimum absolute atomic E-state index is 0.0243. The molecule has 1 unspecified atom stereocenters. The van der Waals surface area contributed by atoms with Gasteiger partial charge in [-0.3, -0.25) is 14.5 Å². The number of carbonyl (C=O) groups excluding carboxylic acids is 2. The van der Waals surface area contributed by atoms with Gasteiger partial charge in [-0.15, -0.1) is 0 Å². The summed E-state index contributed by atoms with van der Waals surface area (Å²) in [7, 11) is 0. The number of rotatable bonds is 6. The summed E-state index contributed by atoms with van der Waals surface area (Å²) in [6, 6.07) is 23.4. The summed E-state index contributed by atoms with van der Waals surface area (Å²) in [5.41, 5.74) is 5.74. The molecule has 1 heterocycles. The van der Waals surface area contributed by atoms with Crippen molar-refractivity contribution in [3.63, 3.8) is 0 Å². The number of nitrogens with one attached hydrogen (secondary N) is 2. The molecular weight excluding hydrogens is 422 g/mol. The number of piperidine rings is 1. The lowest BCUT2D eigenvalue weighted by molar-refractivity contribution is -0.122. The molecule has 2 N–H and O–H groups in total. The van der Waals surface area contributed by atoms with Crippen LogP contribution in [-0.2, 0) is 4.79 Å². The number of benzene rings is 3. The minimum atomic E-state index is -0.380. The molecule has 3 aromatic carbocycles. The predicted octanol–water partition coefficient (Wildman–Crippen LogP) is 5.19. The number of carbonyl (C=O) groups is 2. The van der Waals surface area contributed by atoms with Crippen LogP contribution in [0.15, 0.2) is 72.8 Å². The molecule has 34 heavy (non-hydrogen) atoms. The Hall–Kier alpha value is -3.44. The van der Waals surface area contributed by atoms with Gasteiger partial charge >= 0.3 is 0 Å². The van der Waals surface area contributed by atoms with Crippen LogP contribution < -0.4 is 10.6 Å². The van der Waals surface area contributed by atoms with Crippen LogP contribution in [-0.4, -0.2) is 35.8 Å². The number of hydrogen-bond acceptors (Lipinski definition) is 3. The topological polar surface area (TPSA) is 61.4 Å². The highest BCUT2D eigenvalue weighted by molar-refractivity contribution is 5.96. The van der Waals surface area contributed by atoms with Crippen molar-refractivity contribution in [2.24, 2.45) is 0 Å². The molecule has 1 saturated heterocycles. The molecule has 0 spiro atoms. The fraction of sp³-hybridized carbons (Fsp3) is 0.310. The van der Waals surface area contributed by atoms with E-state index in [0.29, 0.717) is 0 Å². The number of amides is 2. The Morgan fingerprint density at radius 3 is 2.12 bits per heavy atom. The molecule has 3 aromatic rings. The zero-order valence-corrected chi connectivity index (χ0v) is 20.2. The Morgan fingerprint density at radius 2 is 1.47 bits per heavy atom. The molecule has 0 aromatic heterocycles. The van der Waals surface area contributed by atoms with Crippen molar-refractivity contribution in [3.05, 3.63) is 101 Å². The first kappa shape index (κ1) is 23.7. The van der Waals surface area contributed by atoms with Crippen LogP contribution >= 0.6 is 0 Å². The zero-order valence-electron chi connectivity index (χ0n) is 20.2. The summed E-state index contributed by atoms with van der Waals surface area (Å²) in [6.07, 6.45) is 1.61. The summed E-state index contributed by atoms with van der Waals surface area (Å²) < 4.78 is 0. The van der Waals surface area contributed by atoms with Gasteiger partial charge < -0.3 is 10.6 Å². The maximum Gasteiger partial charge on any atom is 0.251 e. The lowest BCUT2D eigenvalue weighted by Crippen LogP contribution is -2.48. The van der Waals surface area contributed by atoms with Crippen LogP contribution in [0.2, 0.25) is 0 Å². The average Bonchev–Trinajstić information content (AvgIpc) is 2.80. The standard InChI is InChI=1S/C29H33N3O2/c1-20-17-21(2)19-25(18-20)31-29(34)27(23-10-5-4-6-11-23)32-15-13-24(14-16-32)30-28(33)26-12-8-7-9-22(26)3/h4-12,17-19,24,27H,13-16H2,1-3H3,(H,30,33)(H,31,34). The summed E-state index contributed by atoms with van der Waals surface area (Å²) in [6.45, 7) is 7.49. The third kappa shape index (κ3) is 5.72. The van der Waals surface area contributed by atoms with Gasteiger partial charge in [0.1, 0.15) is 6.04 Å². The van der Waals surface area contributed by atoms with Gasteiger partial charge in [-0.2, -0.15) is 0 Å². The molecule has 0 radical (unpaired) electrons. The van der Waals surface area contributed by atoms with Gasteiger partial charge in [-0.25, -0.2) is 0 Å². The SMILES string of the molecule is Cc1cc(C)cc(NC(=O)C(c2ccccc2)N2CCC(NC(=O)c3ccccc3C)CC2)c1. The van der Waals surface area contributed by atoms with E-state index in [1.54, 1.807) is 0 Å². The van der Waals surface area contributed by atoms with Crippen molar-refractivity contribution in [2.75, 3.05) is 18.4 Å². The molecule has 1 aliphatic heterocycles. The third-order valence-corrected chi connectivity index (χ3v) is 6.47. The zero-order chi connectivity index (χ0) is 24.1. The highest BCUT2D eigenvalue weighted by Gasteiger charge is 2.31. The number of likely N-dealkylation sites (tertiary alicyclic amines) is 1. The quantitative estimate of drug-likeness (QED) is 0.538. The van der Waals surface area contributed by atoms with Gasteiger partial charge in [0.25, 0.3) is 5.91 Å². The van der Waals surface area contributed by atoms with E-state index in [2.05, 4.69) is 21.6 Å². The molecule has 176 valence electrons. The molecular formula is C29H33N3O2. The Labute approximate surface area is 202 Å². The molecule has 1 fully saturated rings. The highest BCUT2D eigenvalue weighted by Crippen LogP contribution is 2.27. The maximum atomic E-state index is 13.5. The van der Waals surface area contributed by atoms with Crippen molar-refractivity contribution in [1.82, 2.24) is 10.2 Å². The second-order valence-electron chi connectivity index (χ2n) is 9.28. The lowest BCUT2D eigenvalue weighted by Gasteiger charge is -2.37. The van der Waals surface area contributed by atoms with Gasteiger partial charge in [0, 0.05) is 30.4 Å². The summed E-state index contributed by atoms with van der Waals surface area (Å²) in [5.74, 6) is -0.0534. The van der Waals surface area contributed by atoms with Crippen molar-refractivity contribution < 1.29 is 9.59 Å². The van der Waals surface area contributed by atoms with Crippen molar-refractivity contribution in [1.29, 1.82) is 0 Å². The number of anilines is 1. The summed E-state index contributed by atoms with van der Waals surface area (Å²) >= 11 is 0. The average molecular weight is 456 g/mol. The Bertz CT molecular complexity index is 1130. The van der Waals surface area contributed by atoms with Crippen LogP contribution in [0.5, 0.6) is 0 Å². The van der Waals surface area contributed by atoms with E-state index >= 15 is 0 Å². The molecule has 1 aliphatic rings. The molecule has 5 nitrogen and oxygen atoms in total. The van der Waals surface area contributed by atoms with Gasteiger partial charge in [0.05, 0.1) is 0 Å². The van der Waals surface area contributed by atoms with Crippen LogP contribution in [0.25, 0.3) is 0 Å². The maximum absolute atomic E-state index is 13.5. The molecule has 5 heteroatoms. The van der Waals surface area contributed by atoms with Crippen LogP contribution in [0.1, 0.15) is 51.5 Å². The van der Waals surface area contributed by atoms with E-state index in [1.165, 1.54) is 0 Å². The second-order valence-corrected chi connectivity index (χ2v) is 9.28. The minimum Gasteiger partial charge on any atom is -0.349 e. The van der Waals surface area contributed by atoms with Crippen molar-refractivity contribution in [3.8, 4) is 0 Å². The first-order valence-corrected chi connectivity index (χ1v) is 12.0. The van der Waals surface area contributed by atoms with Gasteiger partial charge in [-0.1, -0.05) is 54.6 Å². The van der Waals surface area contributed by atoms with E-state index in [0.717, 1.165) is 59.4 Å². The van der Waals surface area contributed by atoms with Gasteiger partial charge in [0.2, 0.25) is 5.91 Å². The first-order chi connectivity index (χ1) is 16.4. The molecule has 0 saturated carbocycles. The first-order valence-electron chi connectivity index (χ1n) is 12.0. The molecule has 1 atom stereocenters. The van der Waals surface area contributed by atoms with E-state index in [4.69, 9.17) is 0 Å². The van der Waals surface area contributed by atoms with Gasteiger partial charge in [0.15, 0.2) is 0 Å². The largest absolute Gasteiger partial charge is 0.349 e.